The number of benzene rings is 2. The number of aromatic amines is 1. The minimum absolute atomic E-state index is 0.174. The van der Waals surface area contributed by atoms with Gasteiger partial charge in [-0.05, 0) is 66.6 Å². The van der Waals surface area contributed by atoms with Crippen LogP contribution in [-0.2, 0) is 11.3 Å². The van der Waals surface area contributed by atoms with Crippen molar-refractivity contribution in [2.75, 3.05) is 5.32 Å². The van der Waals surface area contributed by atoms with Gasteiger partial charge in [0.1, 0.15) is 30.3 Å². The summed E-state index contributed by atoms with van der Waals surface area (Å²) in [6.07, 6.45) is 6.65. The molecule has 0 atom stereocenters. The third-order valence-corrected chi connectivity index (χ3v) is 5.20. The van der Waals surface area contributed by atoms with Gasteiger partial charge in [0.2, 0.25) is 0 Å². The van der Waals surface area contributed by atoms with Gasteiger partial charge in [0.25, 0.3) is 0 Å². The van der Waals surface area contributed by atoms with E-state index in [4.69, 9.17) is 16.3 Å². The minimum Gasteiger partial charge on any atom is -0.487 e. The lowest BCUT2D eigenvalue weighted by molar-refractivity contribution is 0.210. The molecule has 0 aliphatic rings. The van der Waals surface area contributed by atoms with Crippen LogP contribution in [0.3, 0.4) is 0 Å². The third kappa shape index (κ3) is 5.48. The molecular formula is C26H22ClFN4O. The van der Waals surface area contributed by atoms with Crippen molar-refractivity contribution in [1.29, 1.82) is 0 Å². The van der Waals surface area contributed by atoms with Crippen LogP contribution in [0, 0.1) is 5.82 Å². The Kier molecular flexibility index (Phi) is 6.86. The molecule has 166 valence electrons. The molecule has 0 saturated carbocycles. The first-order valence-electron chi connectivity index (χ1n) is 10.3. The number of allylic oxidation sites excluding steroid dienone is 4. The Morgan fingerprint density at radius 3 is 2.82 bits per heavy atom. The molecule has 0 aliphatic carbocycles. The van der Waals surface area contributed by atoms with E-state index >= 15 is 0 Å². The number of hydrogen-bond acceptors (Lipinski definition) is 4. The molecule has 2 aromatic carbocycles. The summed E-state index contributed by atoms with van der Waals surface area (Å²) in [4.78, 5) is 12.0. The standard InChI is InChI=1S/C26H22ClFN4O/c1-3-25(33-15-18-6-4-7-20(28)13-18)22(27)12-17(2)32-26-21-14-19(23-8-5-11-29-23)9-10-24(21)30-16-31-26/h3-14,16,29H,1,15H2,2H3,(H,30,31,32)/b17-12+,25-22-. The van der Waals surface area contributed by atoms with Crippen molar-refractivity contribution in [1.82, 2.24) is 15.0 Å². The number of nitrogens with zero attached hydrogens (tertiary/aromatic N) is 2. The normalized spacial score (nSPS) is 12.4. The molecule has 0 radical (unpaired) electrons. The van der Waals surface area contributed by atoms with E-state index in [9.17, 15) is 4.39 Å². The van der Waals surface area contributed by atoms with Crippen LogP contribution in [0.4, 0.5) is 10.2 Å². The highest BCUT2D eigenvalue weighted by Gasteiger charge is 2.08. The van der Waals surface area contributed by atoms with Gasteiger partial charge >= 0.3 is 0 Å². The van der Waals surface area contributed by atoms with E-state index in [2.05, 4.69) is 26.8 Å². The summed E-state index contributed by atoms with van der Waals surface area (Å²) >= 11 is 6.47. The van der Waals surface area contributed by atoms with Crippen LogP contribution in [0.1, 0.15) is 12.5 Å². The minimum atomic E-state index is -0.317. The maximum atomic E-state index is 13.4. The quantitative estimate of drug-likeness (QED) is 0.221. The highest BCUT2D eigenvalue weighted by atomic mass is 35.5. The first kappa shape index (κ1) is 22.3. The number of rotatable bonds is 8. The maximum absolute atomic E-state index is 13.4. The van der Waals surface area contributed by atoms with Gasteiger partial charge in [-0.3, -0.25) is 0 Å². The molecule has 2 N–H and O–H groups in total. The van der Waals surface area contributed by atoms with Gasteiger partial charge in [0.05, 0.1) is 10.5 Å². The van der Waals surface area contributed by atoms with E-state index in [1.165, 1.54) is 24.5 Å². The third-order valence-electron chi connectivity index (χ3n) is 4.91. The molecule has 4 rings (SSSR count). The molecule has 2 heterocycles. The number of halogens is 2. The Morgan fingerprint density at radius 1 is 1.18 bits per heavy atom. The first-order valence-corrected chi connectivity index (χ1v) is 10.6. The number of fused-ring (bicyclic) bond motifs is 1. The summed E-state index contributed by atoms with van der Waals surface area (Å²) in [6, 6.07) is 16.2. The summed E-state index contributed by atoms with van der Waals surface area (Å²) in [5.41, 5.74) is 4.31. The van der Waals surface area contributed by atoms with Crippen molar-refractivity contribution < 1.29 is 9.13 Å². The molecule has 0 fully saturated rings. The number of hydrogen-bond donors (Lipinski definition) is 2. The predicted octanol–water partition coefficient (Wildman–Crippen LogP) is 6.93. The van der Waals surface area contributed by atoms with Crippen LogP contribution in [0.2, 0.25) is 0 Å². The Morgan fingerprint density at radius 2 is 2.06 bits per heavy atom. The lowest BCUT2D eigenvalue weighted by Gasteiger charge is -2.11. The summed E-state index contributed by atoms with van der Waals surface area (Å²) < 4.78 is 19.1. The second kappa shape index (κ2) is 10.1. The topological polar surface area (TPSA) is 62.8 Å². The molecule has 0 aliphatic heterocycles. The fourth-order valence-electron chi connectivity index (χ4n) is 3.33. The van der Waals surface area contributed by atoms with Crippen molar-refractivity contribution >= 4 is 28.3 Å². The Hall–Kier alpha value is -3.90. The molecule has 33 heavy (non-hydrogen) atoms. The number of ether oxygens (including phenoxy) is 1. The van der Waals surface area contributed by atoms with E-state index in [0.717, 1.165) is 27.9 Å². The van der Waals surface area contributed by atoms with Gasteiger partial charge in [-0.15, -0.1) is 0 Å². The van der Waals surface area contributed by atoms with E-state index in [0.29, 0.717) is 22.2 Å². The predicted molar refractivity (Wildman–Crippen MR) is 131 cm³/mol. The fourth-order valence-corrected chi connectivity index (χ4v) is 3.63. The van der Waals surface area contributed by atoms with E-state index in [1.807, 2.05) is 43.5 Å². The SMILES string of the molecule is C=C/C(OCc1cccc(F)c1)=C(Cl)\C=C(/C)Nc1ncnc2ccc(-c3ccc[nH]3)cc12. The van der Waals surface area contributed by atoms with E-state index in [-0.39, 0.29) is 12.4 Å². The summed E-state index contributed by atoms with van der Waals surface area (Å²) in [5.74, 6) is 0.735. The Balaban J connectivity index is 1.55. The summed E-state index contributed by atoms with van der Waals surface area (Å²) in [7, 11) is 0. The lowest BCUT2D eigenvalue weighted by Crippen LogP contribution is -2.01. The average molecular weight is 461 g/mol. The highest BCUT2D eigenvalue weighted by Crippen LogP contribution is 2.27. The number of anilines is 1. The van der Waals surface area contributed by atoms with Gasteiger partial charge < -0.3 is 15.0 Å². The van der Waals surface area contributed by atoms with Crippen LogP contribution in [0.5, 0.6) is 0 Å². The van der Waals surface area contributed by atoms with Crippen molar-refractivity contribution in [3.63, 3.8) is 0 Å². The maximum Gasteiger partial charge on any atom is 0.141 e. The van der Waals surface area contributed by atoms with Gasteiger partial charge in [-0.1, -0.05) is 36.4 Å². The molecule has 0 unspecified atom stereocenters. The van der Waals surface area contributed by atoms with E-state index in [1.54, 1.807) is 18.2 Å². The summed E-state index contributed by atoms with van der Waals surface area (Å²) in [6.45, 7) is 5.81. The van der Waals surface area contributed by atoms with Crippen LogP contribution >= 0.6 is 11.6 Å². The number of H-pyrrole nitrogens is 1. The van der Waals surface area contributed by atoms with Gasteiger partial charge in [0.15, 0.2) is 0 Å². The average Bonchev–Trinajstić information content (AvgIpc) is 3.34. The second-order valence-electron chi connectivity index (χ2n) is 7.33. The van der Waals surface area contributed by atoms with Crippen molar-refractivity contribution in [3.8, 4) is 11.3 Å². The zero-order valence-electron chi connectivity index (χ0n) is 18.0. The first-order chi connectivity index (χ1) is 16.0. The number of nitrogens with one attached hydrogen (secondary N) is 2. The molecule has 5 nitrogen and oxygen atoms in total. The molecule has 0 bridgehead atoms. The molecule has 2 aromatic heterocycles. The smallest absolute Gasteiger partial charge is 0.141 e. The second-order valence-corrected chi connectivity index (χ2v) is 7.73. The van der Waals surface area contributed by atoms with Crippen molar-refractivity contribution in [2.24, 2.45) is 0 Å². The Bertz CT molecular complexity index is 1350. The molecule has 0 saturated heterocycles. The molecule has 0 amide bonds. The Labute approximate surface area is 196 Å². The molecule has 7 heteroatoms. The number of aromatic nitrogens is 3. The molecule has 0 spiro atoms. The van der Waals surface area contributed by atoms with Crippen molar-refractivity contribution in [2.45, 2.75) is 13.5 Å². The van der Waals surface area contributed by atoms with Crippen LogP contribution < -0.4 is 5.32 Å². The highest BCUT2D eigenvalue weighted by molar-refractivity contribution is 6.31. The largest absolute Gasteiger partial charge is 0.487 e. The fraction of sp³-hybridized carbons (Fsp3) is 0.0769. The van der Waals surface area contributed by atoms with E-state index < -0.39 is 0 Å². The monoisotopic (exact) mass is 460 g/mol. The lowest BCUT2D eigenvalue weighted by atomic mass is 10.1. The van der Waals surface area contributed by atoms with Crippen LogP contribution in [-0.4, -0.2) is 15.0 Å². The molecule has 4 aromatic rings. The van der Waals surface area contributed by atoms with Gasteiger partial charge in [-0.2, -0.15) is 0 Å². The summed E-state index contributed by atoms with van der Waals surface area (Å²) in [5, 5.41) is 4.53. The zero-order chi connectivity index (χ0) is 23.2. The zero-order valence-corrected chi connectivity index (χ0v) is 18.7. The van der Waals surface area contributed by atoms with Crippen LogP contribution in [0.25, 0.3) is 22.2 Å². The van der Waals surface area contributed by atoms with Crippen molar-refractivity contribution in [3.05, 3.63) is 114 Å². The van der Waals surface area contributed by atoms with Gasteiger partial charge in [-0.25, -0.2) is 14.4 Å². The molecular weight excluding hydrogens is 439 g/mol. The van der Waals surface area contributed by atoms with Gasteiger partial charge in [0, 0.05) is 23.0 Å². The van der Waals surface area contributed by atoms with Crippen LogP contribution in [0.15, 0.2) is 102 Å².